The first kappa shape index (κ1) is 13.9. The van der Waals surface area contributed by atoms with Gasteiger partial charge in [-0.1, -0.05) is 0 Å². The topological polar surface area (TPSA) is 105 Å². The first-order valence-electron chi connectivity index (χ1n) is 5.82. The van der Waals surface area contributed by atoms with Gasteiger partial charge in [-0.3, -0.25) is 4.79 Å². The molecule has 0 unspecified atom stereocenters. The van der Waals surface area contributed by atoms with Gasteiger partial charge < -0.3 is 11.1 Å². The summed E-state index contributed by atoms with van der Waals surface area (Å²) in [5.74, 6) is 0.207. The van der Waals surface area contributed by atoms with E-state index in [0.29, 0.717) is 24.3 Å². The average Bonchev–Trinajstić information content (AvgIpc) is 2.33. The molecule has 0 saturated heterocycles. The molecule has 0 saturated carbocycles. The third-order valence-corrected chi connectivity index (χ3v) is 2.71. The van der Waals surface area contributed by atoms with Crippen molar-refractivity contribution < 1.29 is 4.79 Å². The fraction of sp³-hybridized carbons (Fsp3) is 0.500. The fourth-order valence-corrected chi connectivity index (χ4v) is 1.50. The van der Waals surface area contributed by atoms with Crippen LogP contribution in [-0.4, -0.2) is 22.6 Å². The smallest absolute Gasteiger partial charge is 0.217 e. The zero-order valence-corrected chi connectivity index (χ0v) is 10.7. The van der Waals surface area contributed by atoms with Crippen LogP contribution in [0, 0.1) is 25.2 Å². The van der Waals surface area contributed by atoms with Gasteiger partial charge in [0.1, 0.15) is 11.6 Å². The number of nitrogens with two attached hydrogens (primary N) is 1. The summed E-state index contributed by atoms with van der Waals surface area (Å²) in [5, 5.41) is 20.1. The van der Waals surface area contributed by atoms with Crippen molar-refractivity contribution in [2.24, 2.45) is 5.73 Å². The lowest BCUT2D eigenvalue weighted by molar-refractivity contribution is -0.118. The van der Waals surface area contributed by atoms with Gasteiger partial charge in [0, 0.05) is 13.0 Å². The molecule has 1 heterocycles. The van der Waals surface area contributed by atoms with Crippen LogP contribution in [0.3, 0.4) is 0 Å². The number of nitrogens with one attached hydrogen (secondary N) is 1. The molecule has 1 aromatic rings. The third-order valence-electron chi connectivity index (χ3n) is 2.71. The quantitative estimate of drug-likeness (QED) is 0.730. The van der Waals surface area contributed by atoms with E-state index in [0.717, 1.165) is 24.1 Å². The van der Waals surface area contributed by atoms with Crippen LogP contribution in [0.25, 0.3) is 0 Å². The molecular formula is C12H17N5O. The zero-order chi connectivity index (χ0) is 13.5. The SMILES string of the molecule is Cc1nnc(NCCCCC(N)=O)c(C#N)c1C. The molecular weight excluding hydrogens is 230 g/mol. The molecule has 0 atom stereocenters. The second-order valence-corrected chi connectivity index (χ2v) is 4.10. The minimum absolute atomic E-state index is 0.293. The van der Waals surface area contributed by atoms with Gasteiger partial charge in [-0.05, 0) is 32.3 Å². The number of hydrogen-bond acceptors (Lipinski definition) is 5. The number of primary amides is 1. The molecule has 18 heavy (non-hydrogen) atoms. The predicted molar refractivity (Wildman–Crippen MR) is 67.8 cm³/mol. The minimum Gasteiger partial charge on any atom is -0.370 e. The summed E-state index contributed by atoms with van der Waals surface area (Å²) in [7, 11) is 0. The van der Waals surface area contributed by atoms with Gasteiger partial charge in [0.05, 0.1) is 5.69 Å². The van der Waals surface area contributed by atoms with Crippen LogP contribution >= 0.6 is 0 Å². The summed E-state index contributed by atoms with van der Waals surface area (Å²) in [6.45, 7) is 4.31. The van der Waals surface area contributed by atoms with Crippen LogP contribution in [0.15, 0.2) is 0 Å². The summed E-state index contributed by atoms with van der Waals surface area (Å²) >= 11 is 0. The van der Waals surface area contributed by atoms with Crippen molar-refractivity contribution in [2.45, 2.75) is 33.1 Å². The first-order chi connectivity index (χ1) is 8.56. The number of hydrogen-bond donors (Lipinski definition) is 2. The number of unbranched alkanes of at least 4 members (excludes halogenated alkanes) is 1. The minimum atomic E-state index is -0.293. The molecule has 0 aliphatic rings. The Kier molecular flexibility index (Phi) is 5.06. The molecule has 6 nitrogen and oxygen atoms in total. The van der Waals surface area contributed by atoms with Gasteiger partial charge in [-0.15, -0.1) is 5.10 Å². The number of aryl methyl sites for hydroxylation is 1. The third kappa shape index (κ3) is 3.70. The molecule has 0 spiro atoms. The molecule has 3 N–H and O–H groups in total. The lowest BCUT2D eigenvalue weighted by Crippen LogP contribution is -2.12. The maximum absolute atomic E-state index is 10.6. The molecule has 0 aliphatic carbocycles. The second-order valence-electron chi connectivity index (χ2n) is 4.10. The van der Waals surface area contributed by atoms with Crippen molar-refractivity contribution >= 4 is 11.7 Å². The van der Waals surface area contributed by atoms with Gasteiger partial charge in [-0.25, -0.2) is 0 Å². The summed E-state index contributed by atoms with van der Waals surface area (Å²) in [6.07, 6.45) is 1.90. The van der Waals surface area contributed by atoms with Crippen molar-refractivity contribution in [1.82, 2.24) is 10.2 Å². The largest absolute Gasteiger partial charge is 0.370 e. The van der Waals surface area contributed by atoms with Crippen molar-refractivity contribution in [3.63, 3.8) is 0 Å². The normalized spacial score (nSPS) is 9.83. The highest BCUT2D eigenvalue weighted by Gasteiger charge is 2.09. The number of aromatic nitrogens is 2. The van der Waals surface area contributed by atoms with Crippen LogP contribution in [0.1, 0.15) is 36.1 Å². The number of rotatable bonds is 6. The standard InChI is InChI=1S/C12H17N5O/c1-8-9(2)16-17-12(10(8)7-13)15-6-4-3-5-11(14)18/h3-6H2,1-2H3,(H2,14,18)(H,15,17). The maximum Gasteiger partial charge on any atom is 0.217 e. The molecule has 1 aromatic heterocycles. The number of nitrogens with zero attached hydrogens (tertiary/aromatic N) is 3. The van der Waals surface area contributed by atoms with E-state index in [-0.39, 0.29) is 5.91 Å². The Labute approximate surface area is 106 Å². The number of anilines is 1. The van der Waals surface area contributed by atoms with E-state index in [2.05, 4.69) is 21.6 Å². The molecule has 96 valence electrons. The van der Waals surface area contributed by atoms with Crippen LogP contribution < -0.4 is 11.1 Å². The highest BCUT2D eigenvalue weighted by Crippen LogP contribution is 2.16. The molecule has 0 radical (unpaired) electrons. The average molecular weight is 247 g/mol. The van der Waals surface area contributed by atoms with Gasteiger partial charge in [0.2, 0.25) is 5.91 Å². The van der Waals surface area contributed by atoms with Gasteiger partial charge in [0.25, 0.3) is 0 Å². The van der Waals surface area contributed by atoms with E-state index in [9.17, 15) is 4.79 Å². The Morgan fingerprint density at radius 1 is 1.39 bits per heavy atom. The Morgan fingerprint density at radius 3 is 2.72 bits per heavy atom. The number of nitriles is 1. The van der Waals surface area contributed by atoms with E-state index >= 15 is 0 Å². The molecule has 0 fully saturated rings. The molecule has 0 aromatic carbocycles. The lowest BCUT2D eigenvalue weighted by atomic mass is 10.1. The summed E-state index contributed by atoms with van der Waals surface area (Å²) < 4.78 is 0. The molecule has 0 aliphatic heterocycles. The molecule has 6 heteroatoms. The summed E-state index contributed by atoms with van der Waals surface area (Å²) in [4.78, 5) is 10.6. The van der Waals surface area contributed by atoms with Gasteiger partial charge in [-0.2, -0.15) is 10.4 Å². The van der Waals surface area contributed by atoms with E-state index in [1.165, 1.54) is 0 Å². The molecule has 0 bridgehead atoms. The number of carbonyl (C=O) groups excluding carboxylic acids is 1. The lowest BCUT2D eigenvalue weighted by Gasteiger charge is -2.09. The van der Waals surface area contributed by atoms with Crippen molar-refractivity contribution in [3.8, 4) is 6.07 Å². The number of carbonyl (C=O) groups is 1. The summed E-state index contributed by atoms with van der Waals surface area (Å²) in [5.41, 5.74) is 7.16. The second kappa shape index (κ2) is 6.55. The maximum atomic E-state index is 10.6. The first-order valence-corrected chi connectivity index (χ1v) is 5.82. The Balaban J connectivity index is 2.55. The van der Waals surface area contributed by atoms with Crippen LogP contribution in [0.2, 0.25) is 0 Å². The van der Waals surface area contributed by atoms with Gasteiger partial charge >= 0.3 is 0 Å². The Hall–Kier alpha value is -2.16. The van der Waals surface area contributed by atoms with Crippen molar-refractivity contribution in [1.29, 1.82) is 5.26 Å². The van der Waals surface area contributed by atoms with E-state index in [4.69, 9.17) is 11.0 Å². The molecule has 1 rings (SSSR count). The monoisotopic (exact) mass is 247 g/mol. The number of amides is 1. The summed E-state index contributed by atoms with van der Waals surface area (Å²) in [6, 6.07) is 2.12. The Morgan fingerprint density at radius 2 is 2.11 bits per heavy atom. The van der Waals surface area contributed by atoms with Gasteiger partial charge in [0.15, 0.2) is 5.82 Å². The Bertz CT molecular complexity index is 478. The van der Waals surface area contributed by atoms with Crippen LogP contribution in [0.4, 0.5) is 5.82 Å². The van der Waals surface area contributed by atoms with E-state index in [1.807, 2.05) is 13.8 Å². The van der Waals surface area contributed by atoms with Crippen molar-refractivity contribution in [3.05, 3.63) is 16.8 Å². The predicted octanol–water partition coefficient (Wildman–Crippen LogP) is 1.03. The zero-order valence-electron chi connectivity index (χ0n) is 10.7. The fourth-order valence-electron chi connectivity index (χ4n) is 1.50. The molecule has 1 amide bonds. The highest BCUT2D eigenvalue weighted by molar-refractivity contribution is 5.73. The van der Waals surface area contributed by atoms with E-state index < -0.39 is 0 Å². The van der Waals surface area contributed by atoms with Crippen molar-refractivity contribution in [2.75, 3.05) is 11.9 Å². The van der Waals surface area contributed by atoms with Crippen LogP contribution in [0.5, 0.6) is 0 Å². The van der Waals surface area contributed by atoms with E-state index in [1.54, 1.807) is 0 Å². The highest BCUT2D eigenvalue weighted by atomic mass is 16.1. The van der Waals surface area contributed by atoms with Crippen LogP contribution in [-0.2, 0) is 4.79 Å².